The Bertz CT molecular complexity index is 1250. The molecule has 0 aliphatic carbocycles. The van der Waals surface area contributed by atoms with Gasteiger partial charge in [-0.3, -0.25) is 4.79 Å². The van der Waals surface area contributed by atoms with Crippen molar-refractivity contribution in [3.05, 3.63) is 83.9 Å². The van der Waals surface area contributed by atoms with Gasteiger partial charge >= 0.3 is 0 Å². The maximum atomic E-state index is 13.1. The van der Waals surface area contributed by atoms with Crippen LogP contribution in [0.25, 0.3) is 0 Å². The minimum absolute atomic E-state index is 0.0970. The minimum atomic E-state index is -3.62. The first-order chi connectivity index (χ1) is 16.9. The zero-order valence-electron chi connectivity index (χ0n) is 19.9. The Hall–Kier alpha value is -3.36. The zero-order chi connectivity index (χ0) is 24.8. The number of nitrogens with zero attached hydrogens (tertiary/aromatic N) is 1. The van der Waals surface area contributed by atoms with E-state index in [1.165, 1.54) is 4.31 Å². The van der Waals surface area contributed by atoms with E-state index in [1.54, 1.807) is 25.3 Å². The molecule has 0 aromatic heterocycles. The number of aryl methyl sites for hydroxylation is 1. The number of methoxy groups -OCH3 is 1. The number of anilines is 1. The van der Waals surface area contributed by atoms with Crippen LogP contribution < -0.4 is 14.8 Å². The summed E-state index contributed by atoms with van der Waals surface area (Å²) in [4.78, 5) is 13.0. The predicted octanol–water partition coefficient (Wildman–Crippen LogP) is 4.62. The second-order valence-corrected chi connectivity index (χ2v) is 10.5. The Balaban J connectivity index is 1.29. The summed E-state index contributed by atoms with van der Waals surface area (Å²) in [6, 6.07) is 22.0. The molecule has 3 aromatic carbocycles. The van der Waals surface area contributed by atoms with Crippen LogP contribution in [0.2, 0.25) is 0 Å². The Labute approximate surface area is 206 Å². The molecule has 35 heavy (non-hydrogen) atoms. The number of nitrogens with one attached hydrogen (secondary N) is 1. The molecule has 0 saturated carbocycles. The van der Waals surface area contributed by atoms with Crippen molar-refractivity contribution in [3.63, 3.8) is 0 Å². The number of rotatable bonds is 8. The molecule has 1 N–H and O–H groups in total. The van der Waals surface area contributed by atoms with Gasteiger partial charge in [-0.05, 0) is 73.4 Å². The molecule has 7 nitrogen and oxygen atoms in total. The fraction of sp³-hybridized carbons (Fsp3) is 0.296. The van der Waals surface area contributed by atoms with Gasteiger partial charge in [0.1, 0.15) is 18.1 Å². The molecule has 1 fully saturated rings. The van der Waals surface area contributed by atoms with Crippen LogP contribution in [0.15, 0.2) is 77.7 Å². The summed E-state index contributed by atoms with van der Waals surface area (Å²) in [6.07, 6.45) is 0.941. The van der Waals surface area contributed by atoms with E-state index in [0.29, 0.717) is 44.0 Å². The van der Waals surface area contributed by atoms with Crippen LogP contribution in [0.5, 0.6) is 11.5 Å². The second-order valence-electron chi connectivity index (χ2n) is 8.60. The number of carbonyl (C=O) groups excluding carboxylic acids is 1. The van der Waals surface area contributed by atoms with Gasteiger partial charge < -0.3 is 14.8 Å². The molecule has 1 heterocycles. The fourth-order valence-electron chi connectivity index (χ4n) is 4.14. The highest BCUT2D eigenvalue weighted by molar-refractivity contribution is 7.89. The Morgan fingerprint density at radius 1 is 1.00 bits per heavy atom. The first kappa shape index (κ1) is 24.8. The average Bonchev–Trinajstić information content (AvgIpc) is 2.89. The normalized spacial score (nSPS) is 14.9. The lowest BCUT2D eigenvalue weighted by Gasteiger charge is -2.30. The molecule has 1 aliphatic heterocycles. The smallest absolute Gasteiger partial charge is 0.243 e. The summed E-state index contributed by atoms with van der Waals surface area (Å²) >= 11 is 0. The maximum absolute atomic E-state index is 13.1. The summed E-state index contributed by atoms with van der Waals surface area (Å²) in [5, 5.41) is 2.94. The van der Waals surface area contributed by atoms with Crippen molar-refractivity contribution in [2.24, 2.45) is 5.92 Å². The molecule has 0 radical (unpaired) electrons. The monoisotopic (exact) mass is 494 g/mol. The number of ether oxygens (including phenoxy) is 2. The van der Waals surface area contributed by atoms with Crippen LogP contribution in [-0.2, 0) is 21.4 Å². The molecule has 1 saturated heterocycles. The third-order valence-corrected chi connectivity index (χ3v) is 8.09. The molecule has 0 unspecified atom stereocenters. The maximum Gasteiger partial charge on any atom is 0.243 e. The highest BCUT2D eigenvalue weighted by atomic mass is 32.2. The standard InChI is InChI=1S/C27H30N2O5S/c1-20-18-25(12-13-26(20)33-2)35(31,32)29-16-14-22(15-17-29)27(30)28-23-8-10-24(11-9-23)34-19-21-6-4-3-5-7-21/h3-13,18,22H,14-17,19H2,1-2H3,(H,28,30). The van der Waals surface area contributed by atoms with Gasteiger partial charge in [-0.25, -0.2) is 8.42 Å². The van der Waals surface area contributed by atoms with Gasteiger partial charge in [-0.2, -0.15) is 4.31 Å². The van der Waals surface area contributed by atoms with E-state index in [1.807, 2.05) is 61.5 Å². The van der Waals surface area contributed by atoms with Crippen molar-refractivity contribution in [1.29, 1.82) is 0 Å². The van der Waals surface area contributed by atoms with Crippen LogP contribution in [0.1, 0.15) is 24.0 Å². The first-order valence-electron chi connectivity index (χ1n) is 11.6. The second kappa shape index (κ2) is 10.9. The van der Waals surface area contributed by atoms with Gasteiger partial charge in [0, 0.05) is 24.7 Å². The van der Waals surface area contributed by atoms with Gasteiger partial charge in [0.15, 0.2) is 0 Å². The summed E-state index contributed by atoms with van der Waals surface area (Å²) in [5.41, 5.74) is 2.53. The van der Waals surface area contributed by atoms with Crippen LogP contribution in [0, 0.1) is 12.8 Å². The van der Waals surface area contributed by atoms with E-state index in [9.17, 15) is 13.2 Å². The molecule has 184 valence electrons. The van der Waals surface area contributed by atoms with Crippen LogP contribution in [-0.4, -0.2) is 38.8 Å². The van der Waals surface area contributed by atoms with Crippen molar-refractivity contribution in [3.8, 4) is 11.5 Å². The molecule has 1 aliphatic rings. The number of hydrogen-bond donors (Lipinski definition) is 1. The lowest BCUT2D eigenvalue weighted by molar-refractivity contribution is -0.120. The number of amides is 1. The number of benzene rings is 3. The Morgan fingerprint density at radius 2 is 1.69 bits per heavy atom. The van der Waals surface area contributed by atoms with E-state index in [4.69, 9.17) is 9.47 Å². The number of hydrogen-bond acceptors (Lipinski definition) is 5. The molecule has 3 aromatic rings. The number of piperidine rings is 1. The summed E-state index contributed by atoms with van der Waals surface area (Å²) in [5.74, 6) is 1.03. The van der Waals surface area contributed by atoms with Gasteiger partial charge in [0.25, 0.3) is 0 Å². The van der Waals surface area contributed by atoms with Crippen molar-refractivity contribution in [2.45, 2.75) is 31.3 Å². The van der Waals surface area contributed by atoms with Crippen molar-refractivity contribution in [2.75, 3.05) is 25.5 Å². The topological polar surface area (TPSA) is 84.9 Å². The quantitative estimate of drug-likeness (QED) is 0.494. The third kappa shape index (κ3) is 6.01. The molecule has 4 rings (SSSR count). The summed E-state index contributed by atoms with van der Waals surface area (Å²) in [7, 11) is -2.06. The SMILES string of the molecule is COc1ccc(S(=O)(=O)N2CCC(C(=O)Nc3ccc(OCc4ccccc4)cc3)CC2)cc1C. The van der Waals surface area contributed by atoms with Gasteiger partial charge in [0.2, 0.25) is 15.9 Å². The van der Waals surface area contributed by atoms with E-state index < -0.39 is 10.0 Å². The Morgan fingerprint density at radius 3 is 2.31 bits per heavy atom. The zero-order valence-corrected chi connectivity index (χ0v) is 20.8. The number of carbonyl (C=O) groups is 1. The van der Waals surface area contributed by atoms with E-state index in [0.717, 1.165) is 16.9 Å². The lowest BCUT2D eigenvalue weighted by Crippen LogP contribution is -2.41. The minimum Gasteiger partial charge on any atom is -0.496 e. The molecule has 0 bridgehead atoms. The highest BCUT2D eigenvalue weighted by Crippen LogP contribution is 2.28. The summed E-state index contributed by atoms with van der Waals surface area (Å²) < 4.78 is 38.6. The Kier molecular flexibility index (Phi) is 7.73. The molecule has 8 heteroatoms. The van der Waals surface area contributed by atoms with E-state index in [-0.39, 0.29) is 16.7 Å². The molecule has 1 amide bonds. The molecule has 0 atom stereocenters. The first-order valence-corrected chi connectivity index (χ1v) is 13.0. The van der Waals surface area contributed by atoms with Crippen molar-refractivity contribution < 1.29 is 22.7 Å². The van der Waals surface area contributed by atoms with Crippen LogP contribution >= 0.6 is 0 Å². The van der Waals surface area contributed by atoms with Crippen LogP contribution in [0.4, 0.5) is 5.69 Å². The molecular formula is C27H30N2O5S. The third-order valence-electron chi connectivity index (χ3n) is 6.20. The van der Waals surface area contributed by atoms with E-state index >= 15 is 0 Å². The van der Waals surface area contributed by atoms with Gasteiger partial charge in [-0.15, -0.1) is 0 Å². The van der Waals surface area contributed by atoms with Crippen molar-refractivity contribution in [1.82, 2.24) is 4.31 Å². The molecular weight excluding hydrogens is 464 g/mol. The van der Waals surface area contributed by atoms with Crippen molar-refractivity contribution >= 4 is 21.6 Å². The van der Waals surface area contributed by atoms with Crippen LogP contribution in [0.3, 0.4) is 0 Å². The number of sulfonamides is 1. The lowest BCUT2D eigenvalue weighted by atomic mass is 9.97. The van der Waals surface area contributed by atoms with E-state index in [2.05, 4.69) is 5.32 Å². The average molecular weight is 495 g/mol. The van der Waals surface area contributed by atoms with Gasteiger partial charge in [-0.1, -0.05) is 30.3 Å². The molecule has 0 spiro atoms. The largest absolute Gasteiger partial charge is 0.496 e. The highest BCUT2D eigenvalue weighted by Gasteiger charge is 2.32. The predicted molar refractivity (Wildman–Crippen MR) is 135 cm³/mol. The summed E-state index contributed by atoms with van der Waals surface area (Å²) in [6.45, 7) is 2.90. The van der Waals surface area contributed by atoms with Gasteiger partial charge in [0.05, 0.1) is 12.0 Å². The fourth-order valence-corrected chi connectivity index (χ4v) is 5.69.